The summed E-state index contributed by atoms with van der Waals surface area (Å²) in [6, 6.07) is 7.97. The minimum absolute atomic E-state index is 0.866. The molecule has 0 heterocycles. The zero-order valence-electron chi connectivity index (χ0n) is 7.21. The number of rotatable bonds is 3. The molecule has 1 nitrogen and oxygen atoms in total. The number of anilines is 1. The lowest BCUT2D eigenvalue weighted by Crippen LogP contribution is -2.10. The second-order valence-electron chi connectivity index (χ2n) is 2.49. The van der Waals surface area contributed by atoms with Crippen LogP contribution in [0.5, 0.6) is 0 Å². The van der Waals surface area contributed by atoms with Crippen LogP contribution in [0.4, 0.5) is 5.69 Å². The molecule has 0 bridgehead atoms. The second kappa shape index (κ2) is 5.62. The average molecular weight is 276 g/mol. The molecule has 0 aliphatic rings. The standard InChI is InChI=1S/C9H10BrNS2/c1-13-6-9(12)11-8-4-2-7(10)3-5-8/h2-5H,6H2,1H3,(H,11,12). The van der Waals surface area contributed by atoms with Crippen LogP contribution >= 0.6 is 39.9 Å². The molecule has 0 unspecified atom stereocenters. The molecule has 1 aromatic rings. The van der Waals surface area contributed by atoms with Crippen molar-refractivity contribution in [1.82, 2.24) is 0 Å². The molecule has 1 N–H and O–H groups in total. The van der Waals surface area contributed by atoms with Crippen LogP contribution in [0.2, 0.25) is 0 Å². The van der Waals surface area contributed by atoms with Crippen LogP contribution in [-0.2, 0) is 0 Å². The van der Waals surface area contributed by atoms with Crippen LogP contribution in [0.1, 0.15) is 0 Å². The zero-order chi connectivity index (χ0) is 9.68. The van der Waals surface area contributed by atoms with Gasteiger partial charge in [-0.15, -0.1) is 0 Å². The molecule has 70 valence electrons. The summed E-state index contributed by atoms with van der Waals surface area (Å²) in [5.74, 6) is 0.866. The third-order valence-electron chi connectivity index (χ3n) is 1.40. The Morgan fingerprint density at radius 1 is 1.46 bits per heavy atom. The Labute approximate surface area is 96.4 Å². The monoisotopic (exact) mass is 275 g/mol. The van der Waals surface area contributed by atoms with Crippen molar-refractivity contribution in [2.45, 2.75) is 0 Å². The maximum Gasteiger partial charge on any atom is 0.0897 e. The third-order valence-corrected chi connectivity index (χ3v) is 2.94. The summed E-state index contributed by atoms with van der Waals surface area (Å²) in [5.41, 5.74) is 1.04. The first-order valence-corrected chi connectivity index (χ1v) is 6.36. The minimum atomic E-state index is 0.866. The molecular formula is C9H10BrNS2. The number of halogens is 1. The Morgan fingerprint density at radius 2 is 2.08 bits per heavy atom. The van der Waals surface area contributed by atoms with Gasteiger partial charge in [0.1, 0.15) is 0 Å². The quantitative estimate of drug-likeness (QED) is 0.848. The predicted octanol–water partition coefficient (Wildman–Crippen LogP) is 3.55. The molecule has 0 saturated carbocycles. The first kappa shape index (κ1) is 11.0. The first-order chi connectivity index (χ1) is 6.22. The van der Waals surface area contributed by atoms with Gasteiger partial charge in [0.05, 0.1) is 4.99 Å². The van der Waals surface area contributed by atoms with Crippen LogP contribution in [0, 0.1) is 0 Å². The molecule has 0 radical (unpaired) electrons. The number of nitrogens with one attached hydrogen (secondary N) is 1. The third kappa shape index (κ3) is 4.11. The normalized spacial score (nSPS) is 9.69. The number of hydrogen-bond acceptors (Lipinski definition) is 2. The van der Waals surface area contributed by atoms with E-state index < -0.39 is 0 Å². The summed E-state index contributed by atoms with van der Waals surface area (Å²) in [6.07, 6.45) is 2.04. The molecule has 4 heteroatoms. The van der Waals surface area contributed by atoms with E-state index in [2.05, 4.69) is 21.2 Å². The van der Waals surface area contributed by atoms with E-state index >= 15 is 0 Å². The topological polar surface area (TPSA) is 12.0 Å². The van der Waals surface area contributed by atoms with Crippen LogP contribution in [0.15, 0.2) is 28.7 Å². The van der Waals surface area contributed by atoms with Crippen molar-refractivity contribution in [2.75, 3.05) is 17.3 Å². The molecule has 0 atom stereocenters. The van der Waals surface area contributed by atoms with E-state index in [4.69, 9.17) is 12.2 Å². The SMILES string of the molecule is CSCC(=S)Nc1ccc(Br)cc1. The van der Waals surface area contributed by atoms with Crippen LogP contribution in [0.3, 0.4) is 0 Å². The lowest BCUT2D eigenvalue weighted by Gasteiger charge is -2.05. The van der Waals surface area contributed by atoms with Gasteiger partial charge in [0.15, 0.2) is 0 Å². The van der Waals surface area contributed by atoms with Gasteiger partial charge in [-0.3, -0.25) is 0 Å². The summed E-state index contributed by atoms with van der Waals surface area (Å²) in [4.78, 5) is 0.870. The van der Waals surface area contributed by atoms with Crippen molar-refractivity contribution in [1.29, 1.82) is 0 Å². The highest BCUT2D eigenvalue weighted by molar-refractivity contribution is 9.10. The van der Waals surface area contributed by atoms with E-state index in [9.17, 15) is 0 Å². The van der Waals surface area contributed by atoms with Gasteiger partial charge >= 0.3 is 0 Å². The maximum absolute atomic E-state index is 5.12. The fraction of sp³-hybridized carbons (Fsp3) is 0.222. The summed E-state index contributed by atoms with van der Waals surface area (Å²) in [7, 11) is 0. The largest absolute Gasteiger partial charge is 0.349 e. The van der Waals surface area contributed by atoms with Crippen molar-refractivity contribution in [2.24, 2.45) is 0 Å². The summed E-state index contributed by atoms with van der Waals surface area (Å²) < 4.78 is 1.08. The number of thiocarbonyl (C=S) groups is 1. The Hall–Kier alpha value is -0.0600. The highest BCUT2D eigenvalue weighted by Crippen LogP contribution is 2.14. The van der Waals surface area contributed by atoms with Crippen molar-refractivity contribution >= 4 is 50.6 Å². The van der Waals surface area contributed by atoms with Gasteiger partial charge in [0.2, 0.25) is 0 Å². The van der Waals surface area contributed by atoms with E-state index in [0.717, 1.165) is 20.9 Å². The van der Waals surface area contributed by atoms with E-state index in [1.165, 1.54) is 0 Å². The lowest BCUT2D eigenvalue weighted by molar-refractivity contribution is 1.60. The molecule has 0 spiro atoms. The van der Waals surface area contributed by atoms with E-state index in [0.29, 0.717) is 0 Å². The fourth-order valence-corrected chi connectivity index (χ4v) is 1.93. The molecule has 0 fully saturated rings. The van der Waals surface area contributed by atoms with Crippen molar-refractivity contribution in [3.05, 3.63) is 28.7 Å². The van der Waals surface area contributed by atoms with Gasteiger partial charge in [-0.25, -0.2) is 0 Å². The number of benzene rings is 1. The van der Waals surface area contributed by atoms with E-state index in [1.54, 1.807) is 11.8 Å². The van der Waals surface area contributed by atoms with Gasteiger partial charge in [-0.05, 0) is 30.5 Å². The van der Waals surface area contributed by atoms with E-state index in [1.807, 2.05) is 30.5 Å². The van der Waals surface area contributed by atoms with Crippen molar-refractivity contribution in [3.63, 3.8) is 0 Å². The Bertz CT molecular complexity index is 284. The van der Waals surface area contributed by atoms with Gasteiger partial charge in [-0.2, -0.15) is 11.8 Å². The second-order valence-corrected chi connectivity index (χ2v) is 4.76. The van der Waals surface area contributed by atoms with Gasteiger partial charge in [0.25, 0.3) is 0 Å². The Kier molecular flexibility index (Phi) is 4.77. The molecule has 0 aliphatic carbocycles. The fourth-order valence-electron chi connectivity index (χ4n) is 0.861. The van der Waals surface area contributed by atoms with E-state index in [-0.39, 0.29) is 0 Å². The average Bonchev–Trinajstić information content (AvgIpc) is 2.09. The van der Waals surface area contributed by atoms with Gasteiger partial charge < -0.3 is 5.32 Å². The summed E-state index contributed by atoms with van der Waals surface area (Å²) in [6.45, 7) is 0. The summed E-state index contributed by atoms with van der Waals surface area (Å²) >= 11 is 10.2. The van der Waals surface area contributed by atoms with Crippen LogP contribution < -0.4 is 5.32 Å². The molecule has 0 amide bonds. The predicted molar refractivity (Wildman–Crippen MR) is 68.7 cm³/mol. The molecule has 0 aliphatic heterocycles. The molecule has 0 aromatic heterocycles. The van der Waals surface area contributed by atoms with Gasteiger partial charge in [-0.1, -0.05) is 28.1 Å². The molecular weight excluding hydrogens is 266 g/mol. The zero-order valence-corrected chi connectivity index (χ0v) is 10.4. The van der Waals surface area contributed by atoms with Crippen LogP contribution in [-0.4, -0.2) is 17.0 Å². The number of hydrogen-bond donors (Lipinski definition) is 1. The van der Waals surface area contributed by atoms with Crippen molar-refractivity contribution in [3.8, 4) is 0 Å². The highest BCUT2D eigenvalue weighted by Gasteiger charge is 1.95. The molecule has 1 rings (SSSR count). The number of thioether (sulfide) groups is 1. The maximum atomic E-state index is 5.12. The van der Waals surface area contributed by atoms with Gasteiger partial charge in [0, 0.05) is 15.9 Å². The molecule has 0 saturated heterocycles. The first-order valence-electron chi connectivity index (χ1n) is 3.76. The molecule has 1 aromatic carbocycles. The van der Waals surface area contributed by atoms with Crippen LogP contribution in [0.25, 0.3) is 0 Å². The highest BCUT2D eigenvalue weighted by atomic mass is 79.9. The lowest BCUT2D eigenvalue weighted by atomic mass is 10.3. The Balaban J connectivity index is 2.54. The Morgan fingerprint density at radius 3 is 2.62 bits per heavy atom. The molecule has 13 heavy (non-hydrogen) atoms. The minimum Gasteiger partial charge on any atom is -0.349 e. The summed E-state index contributed by atoms with van der Waals surface area (Å²) in [5, 5.41) is 3.16. The van der Waals surface area contributed by atoms with Crippen molar-refractivity contribution < 1.29 is 0 Å². The smallest absolute Gasteiger partial charge is 0.0897 e.